The molecule has 1 rings (SSSR count). The molecule has 116 valence electrons. The van der Waals surface area contributed by atoms with Gasteiger partial charge in [-0.15, -0.1) is 0 Å². The van der Waals surface area contributed by atoms with Crippen molar-refractivity contribution in [3.8, 4) is 0 Å². The van der Waals surface area contributed by atoms with Gasteiger partial charge < -0.3 is 10.2 Å². The SMILES string of the molecule is CCCN(CCC)C(=O)CC(=O)Nc1cc(C)ccc1C. The number of carbonyl (C=O) groups excluding carboxylic acids is 2. The zero-order valence-electron chi connectivity index (χ0n) is 13.5. The number of hydrogen-bond acceptors (Lipinski definition) is 2. The molecule has 0 fully saturated rings. The summed E-state index contributed by atoms with van der Waals surface area (Å²) in [5.74, 6) is -0.340. The fourth-order valence-corrected chi connectivity index (χ4v) is 2.22. The molecule has 1 aromatic carbocycles. The van der Waals surface area contributed by atoms with Crippen LogP contribution >= 0.6 is 0 Å². The third kappa shape index (κ3) is 5.58. The van der Waals surface area contributed by atoms with Crippen LogP contribution in [0.1, 0.15) is 44.2 Å². The molecular formula is C17H26N2O2. The first kappa shape index (κ1) is 17.2. The zero-order valence-corrected chi connectivity index (χ0v) is 13.5. The molecule has 0 saturated heterocycles. The Labute approximate surface area is 127 Å². The second kappa shape index (κ2) is 8.45. The Morgan fingerprint density at radius 2 is 1.71 bits per heavy atom. The van der Waals surface area contributed by atoms with Crippen molar-refractivity contribution in [3.63, 3.8) is 0 Å². The van der Waals surface area contributed by atoms with Crippen LogP contribution in [0.3, 0.4) is 0 Å². The van der Waals surface area contributed by atoms with Crippen molar-refractivity contribution in [1.29, 1.82) is 0 Å². The van der Waals surface area contributed by atoms with E-state index in [9.17, 15) is 9.59 Å². The molecule has 0 aliphatic heterocycles. The van der Waals surface area contributed by atoms with Gasteiger partial charge in [-0.1, -0.05) is 26.0 Å². The maximum Gasteiger partial charge on any atom is 0.233 e. The van der Waals surface area contributed by atoms with E-state index in [2.05, 4.69) is 5.32 Å². The Balaban J connectivity index is 2.63. The number of hydrogen-bond donors (Lipinski definition) is 1. The van der Waals surface area contributed by atoms with Crippen LogP contribution in [0.2, 0.25) is 0 Å². The van der Waals surface area contributed by atoms with Gasteiger partial charge in [-0.25, -0.2) is 0 Å². The van der Waals surface area contributed by atoms with E-state index in [1.807, 2.05) is 45.9 Å². The lowest BCUT2D eigenvalue weighted by molar-refractivity contribution is -0.134. The summed E-state index contributed by atoms with van der Waals surface area (Å²) in [6.07, 6.45) is 1.72. The van der Waals surface area contributed by atoms with Crippen molar-refractivity contribution in [1.82, 2.24) is 4.90 Å². The number of anilines is 1. The highest BCUT2D eigenvalue weighted by molar-refractivity contribution is 6.03. The van der Waals surface area contributed by atoms with Crippen LogP contribution in [-0.2, 0) is 9.59 Å². The minimum Gasteiger partial charge on any atom is -0.342 e. The third-order valence-corrected chi connectivity index (χ3v) is 3.32. The van der Waals surface area contributed by atoms with E-state index in [1.165, 1.54) is 0 Å². The summed E-state index contributed by atoms with van der Waals surface area (Å²) >= 11 is 0. The fraction of sp³-hybridized carbons (Fsp3) is 0.529. The molecule has 0 spiro atoms. The fourth-order valence-electron chi connectivity index (χ4n) is 2.22. The number of carbonyl (C=O) groups is 2. The van der Waals surface area contributed by atoms with E-state index < -0.39 is 0 Å². The summed E-state index contributed by atoms with van der Waals surface area (Å²) in [4.78, 5) is 25.9. The summed E-state index contributed by atoms with van der Waals surface area (Å²) < 4.78 is 0. The lowest BCUT2D eigenvalue weighted by Crippen LogP contribution is -2.35. The van der Waals surface area contributed by atoms with Crippen LogP contribution < -0.4 is 5.32 Å². The van der Waals surface area contributed by atoms with Crippen LogP contribution in [0.5, 0.6) is 0 Å². The van der Waals surface area contributed by atoms with Gasteiger partial charge in [-0.3, -0.25) is 9.59 Å². The average Bonchev–Trinajstić information content (AvgIpc) is 2.42. The molecule has 0 unspecified atom stereocenters. The highest BCUT2D eigenvalue weighted by Gasteiger charge is 2.16. The van der Waals surface area contributed by atoms with Gasteiger partial charge >= 0.3 is 0 Å². The van der Waals surface area contributed by atoms with Crippen molar-refractivity contribution in [3.05, 3.63) is 29.3 Å². The first-order valence-electron chi connectivity index (χ1n) is 7.62. The van der Waals surface area contributed by atoms with Crippen LogP contribution in [0.25, 0.3) is 0 Å². The molecule has 0 heterocycles. The number of amides is 2. The summed E-state index contributed by atoms with van der Waals surface area (Å²) in [6, 6.07) is 5.89. The Kier molecular flexibility index (Phi) is 6.92. The normalized spacial score (nSPS) is 10.3. The Hall–Kier alpha value is -1.84. The minimum atomic E-state index is -0.245. The zero-order chi connectivity index (χ0) is 15.8. The lowest BCUT2D eigenvalue weighted by Gasteiger charge is -2.21. The molecule has 0 aliphatic rings. The standard InChI is InChI=1S/C17H26N2O2/c1-5-9-19(10-6-2)17(21)12-16(20)18-15-11-13(3)7-8-14(15)4/h7-8,11H,5-6,9-10,12H2,1-4H3,(H,18,20). The van der Waals surface area contributed by atoms with Gasteiger partial charge in [0.05, 0.1) is 0 Å². The van der Waals surface area contributed by atoms with E-state index in [0.717, 1.165) is 29.7 Å². The topological polar surface area (TPSA) is 49.4 Å². The maximum absolute atomic E-state index is 12.1. The smallest absolute Gasteiger partial charge is 0.233 e. The quantitative estimate of drug-likeness (QED) is 0.783. The maximum atomic E-state index is 12.1. The number of nitrogens with one attached hydrogen (secondary N) is 1. The number of benzene rings is 1. The molecule has 21 heavy (non-hydrogen) atoms. The first-order valence-corrected chi connectivity index (χ1v) is 7.62. The van der Waals surface area contributed by atoms with Gasteiger partial charge in [0.1, 0.15) is 6.42 Å². The van der Waals surface area contributed by atoms with Crippen LogP contribution in [0.4, 0.5) is 5.69 Å². The molecule has 4 nitrogen and oxygen atoms in total. The van der Waals surface area contributed by atoms with Gasteiger partial charge in [0.25, 0.3) is 0 Å². The first-order chi connectivity index (χ1) is 9.97. The molecular weight excluding hydrogens is 264 g/mol. The highest BCUT2D eigenvalue weighted by Crippen LogP contribution is 2.16. The van der Waals surface area contributed by atoms with Gasteiger partial charge in [0, 0.05) is 18.8 Å². The Morgan fingerprint density at radius 1 is 1.10 bits per heavy atom. The van der Waals surface area contributed by atoms with Crippen LogP contribution in [-0.4, -0.2) is 29.8 Å². The minimum absolute atomic E-state index is 0.0899. The van der Waals surface area contributed by atoms with E-state index in [1.54, 1.807) is 4.90 Å². The van der Waals surface area contributed by atoms with Crippen LogP contribution in [0.15, 0.2) is 18.2 Å². The van der Waals surface area contributed by atoms with Crippen molar-refractivity contribution in [2.24, 2.45) is 0 Å². The molecule has 2 amide bonds. The monoisotopic (exact) mass is 290 g/mol. The third-order valence-electron chi connectivity index (χ3n) is 3.32. The van der Waals surface area contributed by atoms with E-state index in [-0.39, 0.29) is 18.2 Å². The molecule has 0 saturated carbocycles. The average molecular weight is 290 g/mol. The second-order valence-electron chi connectivity index (χ2n) is 5.42. The molecule has 0 atom stereocenters. The van der Waals surface area contributed by atoms with Gasteiger partial charge in [-0.05, 0) is 43.9 Å². The molecule has 0 aliphatic carbocycles. The van der Waals surface area contributed by atoms with E-state index >= 15 is 0 Å². The summed E-state index contributed by atoms with van der Waals surface area (Å²) in [6.45, 7) is 9.41. The van der Waals surface area contributed by atoms with Gasteiger partial charge in [0.2, 0.25) is 11.8 Å². The molecule has 4 heteroatoms. The number of aryl methyl sites for hydroxylation is 2. The van der Waals surface area contributed by atoms with Gasteiger partial charge in [-0.2, -0.15) is 0 Å². The van der Waals surface area contributed by atoms with Crippen molar-refractivity contribution in [2.75, 3.05) is 18.4 Å². The predicted octanol–water partition coefficient (Wildman–Crippen LogP) is 3.28. The lowest BCUT2D eigenvalue weighted by atomic mass is 10.1. The molecule has 1 N–H and O–H groups in total. The molecule has 0 radical (unpaired) electrons. The Bertz CT molecular complexity index is 492. The van der Waals surface area contributed by atoms with Gasteiger partial charge in [0.15, 0.2) is 0 Å². The molecule has 0 bridgehead atoms. The number of nitrogens with zero attached hydrogens (tertiary/aromatic N) is 1. The van der Waals surface area contributed by atoms with Crippen molar-refractivity contribution >= 4 is 17.5 Å². The molecule has 0 aromatic heterocycles. The molecule has 1 aromatic rings. The van der Waals surface area contributed by atoms with Crippen LogP contribution in [0, 0.1) is 13.8 Å². The summed E-state index contributed by atoms with van der Waals surface area (Å²) in [5.41, 5.74) is 2.87. The van der Waals surface area contributed by atoms with E-state index in [0.29, 0.717) is 13.1 Å². The van der Waals surface area contributed by atoms with Crippen molar-refractivity contribution in [2.45, 2.75) is 47.0 Å². The Morgan fingerprint density at radius 3 is 2.29 bits per heavy atom. The summed E-state index contributed by atoms with van der Waals surface area (Å²) in [5, 5.41) is 2.83. The highest BCUT2D eigenvalue weighted by atomic mass is 16.2. The summed E-state index contributed by atoms with van der Waals surface area (Å²) in [7, 11) is 0. The number of rotatable bonds is 7. The second-order valence-corrected chi connectivity index (χ2v) is 5.42. The van der Waals surface area contributed by atoms with E-state index in [4.69, 9.17) is 0 Å². The predicted molar refractivity (Wildman–Crippen MR) is 86.3 cm³/mol. The largest absolute Gasteiger partial charge is 0.342 e. The van der Waals surface area contributed by atoms with Crippen molar-refractivity contribution < 1.29 is 9.59 Å².